The molecule has 164 valence electrons. The zero-order valence-corrected chi connectivity index (χ0v) is 18.5. The van der Waals surface area contributed by atoms with Crippen LogP contribution in [0, 0.1) is 0 Å². The van der Waals surface area contributed by atoms with Crippen molar-refractivity contribution in [1.29, 1.82) is 0 Å². The molecule has 0 N–H and O–H groups in total. The Morgan fingerprint density at radius 1 is 1.13 bits per heavy atom. The first-order valence-corrected chi connectivity index (χ1v) is 10.7. The van der Waals surface area contributed by atoms with Gasteiger partial charge in [0.05, 0.1) is 37.5 Å². The molecule has 2 heterocycles. The van der Waals surface area contributed by atoms with Crippen LogP contribution in [0.1, 0.15) is 12.5 Å². The maximum atomic E-state index is 12.8. The van der Waals surface area contributed by atoms with Gasteiger partial charge in [-0.05, 0) is 24.6 Å². The molecule has 0 aliphatic carbocycles. The minimum absolute atomic E-state index is 0.170. The average Bonchev–Trinajstić information content (AvgIpc) is 3.36. The summed E-state index contributed by atoms with van der Waals surface area (Å²) in [6.07, 6.45) is 0.170. The first-order chi connectivity index (χ1) is 15.1. The lowest BCUT2D eigenvalue weighted by Crippen LogP contribution is -2.20. The molecule has 0 spiro atoms. The Morgan fingerprint density at radius 2 is 1.90 bits per heavy atom. The van der Waals surface area contributed by atoms with Crippen LogP contribution in [0.2, 0.25) is 0 Å². The number of methoxy groups -OCH3 is 2. The summed E-state index contributed by atoms with van der Waals surface area (Å²) in [7, 11) is 3.20. The molecule has 0 atom stereocenters. The zero-order valence-electron chi connectivity index (χ0n) is 17.7. The zero-order chi connectivity index (χ0) is 21.8. The number of carbonyl (C=O) groups is 1. The fraction of sp³-hybridized carbons (Fsp3) is 0.364. The van der Waals surface area contributed by atoms with Crippen LogP contribution >= 0.6 is 11.3 Å². The Bertz CT molecular complexity index is 1170. The van der Waals surface area contributed by atoms with E-state index >= 15 is 0 Å². The van der Waals surface area contributed by atoms with Crippen LogP contribution in [-0.4, -0.2) is 44.7 Å². The Morgan fingerprint density at radius 3 is 2.68 bits per heavy atom. The summed E-state index contributed by atoms with van der Waals surface area (Å²) in [6, 6.07) is 9.28. The molecule has 1 aromatic heterocycles. The molecule has 31 heavy (non-hydrogen) atoms. The predicted octanol–water partition coefficient (Wildman–Crippen LogP) is 3.16. The average molecular weight is 445 g/mol. The molecule has 0 saturated carbocycles. The summed E-state index contributed by atoms with van der Waals surface area (Å²) in [6.45, 7) is 3.85. The third kappa shape index (κ3) is 4.52. The molecule has 8 nitrogen and oxygen atoms in total. The number of benzene rings is 2. The minimum Gasteiger partial charge on any atom is -0.493 e. The summed E-state index contributed by atoms with van der Waals surface area (Å²) < 4.78 is 30.0. The molecule has 2 aromatic carbocycles. The van der Waals surface area contributed by atoms with Gasteiger partial charge >= 0.3 is 0 Å². The van der Waals surface area contributed by atoms with Gasteiger partial charge < -0.3 is 28.3 Å². The quantitative estimate of drug-likeness (QED) is 0.497. The lowest BCUT2D eigenvalue weighted by molar-refractivity contribution is -0.117. The number of fused-ring (bicyclic) bond motifs is 2. The lowest BCUT2D eigenvalue weighted by Gasteiger charge is -2.09. The van der Waals surface area contributed by atoms with Crippen molar-refractivity contribution in [3.8, 4) is 23.0 Å². The molecule has 0 unspecified atom stereocenters. The maximum Gasteiger partial charge on any atom is 0.252 e. The van der Waals surface area contributed by atoms with Gasteiger partial charge in [-0.3, -0.25) is 4.79 Å². The smallest absolute Gasteiger partial charge is 0.252 e. The van der Waals surface area contributed by atoms with E-state index in [1.807, 2.05) is 41.8 Å². The SMILES string of the molecule is CCOCCn1c(=NC(=O)Cc2ccc3c(c2)OCO3)sc2cc(OC)c(OC)cc21. The summed E-state index contributed by atoms with van der Waals surface area (Å²) >= 11 is 1.43. The van der Waals surface area contributed by atoms with E-state index in [0.717, 1.165) is 15.8 Å². The summed E-state index contributed by atoms with van der Waals surface area (Å²) in [5.74, 6) is 2.35. The van der Waals surface area contributed by atoms with E-state index < -0.39 is 0 Å². The van der Waals surface area contributed by atoms with Gasteiger partial charge in [-0.25, -0.2) is 0 Å². The van der Waals surface area contributed by atoms with Gasteiger partial charge in [-0.15, -0.1) is 0 Å². The maximum absolute atomic E-state index is 12.8. The number of hydrogen-bond acceptors (Lipinski definition) is 7. The third-order valence-corrected chi connectivity index (χ3v) is 5.91. The van der Waals surface area contributed by atoms with Crippen molar-refractivity contribution >= 4 is 27.5 Å². The Balaban J connectivity index is 1.69. The second-order valence-electron chi connectivity index (χ2n) is 6.78. The molecule has 1 amide bonds. The number of amides is 1. The number of hydrogen-bond donors (Lipinski definition) is 0. The summed E-state index contributed by atoms with van der Waals surface area (Å²) in [5, 5.41) is 0. The van der Waals surface area contributed by atoms with Crippen LogP contribution in [-0.2, 0) is 22.5 Å². The minimum atomic E-state index is -0.241. The van der Waals surface area contributed by atoms with Gasteiger partial charge in [0.1, 0.15) is 0 Å². The molecule has 1 aliphatic heterocycles. The van der Waals surface area contributed by atoms with E-state index in [0.29, 0.717) is 47.6 Å². The number of aromatic nitrogens is 1. The van der Waals surface area contributed by atoms with Crippen molar-refractivity contribution in [3.63, 3.8) is 0 Å². The van der Waals surface area contributed by atoms with E-state index in [1.165, 1.54) is 11.3 Å². The van der Waals surface area contributed by atoms with Crippen LogP contribution in [0.5, 0.6) is 23.0 Å². The van der Waals surface area contributed by atoms with Crippen LogP contribution in [0.4, 0.5) is 0 Å². The van der Waals surface area contributed by atoms with Crippen molar-refractivity contribution in [1.82, 2.24) is 4.57 Å². The molecule has 1 aliphatic rings. The van der Waals surface area contributed by atoms with E-state index in [9.17, 15) is 4.79 Å². The van der Waals surface area contributed by atoms with Gasteiger partial charge in [0, 0.05) is 25.3 Å². The normalized spacial score (nSPS) is 13.1. The monoisotopic (exact) mass is 444 g/mol. The predicted molar refractivity (Wildman–Crippen MR) is 116 cm³/mol. The van der Waals surface area contributed by atoms with Crippen LogP contribution in [0.25, 0.3) is 10.2 Å². The van der Waals surface area contributed by atoms with Crippen molar-refractivity contribution in [2.45, 2.75) is 19.9 Å². The molecule has 3 aromatic rings. The summed E-state index contributed by atoms with van der Waals surface area (Å²) in [4.78, 5) is 17.8. The number of ether oxygens (including phenoxy) is 5. The third-order valence-electron chi connectivity index (χ3n) is 4.86. The van der Waals surface area contributed by atoms with E-state index in [2.05, 4.69) is 4.99 Å². The topological polar surface area (TPSA) is 80.5 Å². The largest absolute Gasteiger partial charge is 0.493 e. The molecule has 4 rings (SSSR count). The first kappa shape index (κ1) is 21.2. The fourth-order valence-electron chi connectivity index (χ4n) is 3.37. The highest BCUT2D eigenvalue weighted by atomic mass is 32.1. The van der Waals surface area contributed by atoms with Gasteiger partial charge in [-0.2, -0.15) is 4.99 Å². The molecule has 0 fully saturated rings. The summed E-state index contributed by atoms with van der Waals surface area (Å²) in [5.41, 5.74) is 1.74. The van der Waals surface area contributed by atoms with Gasteiger partial charge in [-0.1, -0.05) is 17.4 Å². The van der Waals surface area contributed by atoms with Crippen molar-refractivity contribution < 1.29 is 28.5 Å². The second kappa shape index (κ2) is 9.40. The number of rotatable bonds is 8. The highest BCUT2D eigenvalue weighted by Crippen LogP contribution is 2.34. The lowest BCUT2D eigenvalue weighted by atomic mass is 10.1. The highest BCUT2D eigenvalue weighted by Gasteiger charge is 2.16. The Hall–Kier alpha value is -3.04. The Kier molecular flexibility index (Phi) is 6.43. The second-order valence-corrected chi connectivity index (χ2v) is 7.79. The molecular formula is C22H24N2O6S. The number of nitrogens with zero attached hydrogens (tertiary/aromatic N) is 2. The first-order valence-electron chi connectivity index (χ1n) is 9.92. The van der Waals surface area contributed by atoms with E-state index in [4.69, 9.17) is 23.7 Å². The van der Waals surface area contributed by atoms with Crippen molar-refractivity contribution in [2.75, 3.05) is 34.2 Å². The molecule has 0 saturated heterocycles. The molecule has 9 heteroatoms. The Labute approximate surface area is 183 Å². The van der Waals surface area contributed by atoms with Crippen LogP contribution < -0.4 is 23.7 Å². The van der Waals surface area contributed by atoms with Gasteiger partial charge in [0.2, 0.25) is 6.79 Å². The molecule has 0 bridgehead atoms. The highest BCUT2D eigenvalue weighted by molar-refractivity contribution is 7.16. The fourth-order valence-corrected chi connectivity index (χ4v) is 4.45. The molecular weight excluding hydrogens is 420 g/mol. The number of carbonyl (C=O) groups excluding carboxylic acids is 1. The number of thiazole rings is 1. The molecule has 0 radical (unpaired) electrons. The van der Waals surface area contributed by atoms with E-state index in [1.54, 1.807) is 14.2 Å². The van der Waals surface area contributed by atoms with Gasteiger partial charge in [0.25, 0.3) is 5.91 Å². The van der Waals surface area contributed by atoms with Crippen molar-refractivity contribution in [2.24, 2.45) is 4.99 Å². The van der Waals surface area contributed by atoms with Crippen LogP contribution in [0.15, 0.2) is 35.3 Å². The standard InChI is InChI=1S/C22H24N2O6S/c1-4-28-8-7-24-15-11-17(26-2)18(27-3)12-20(15)31-22(24)23-21(25)10-14-5-6-16-19(9-14)30-13-29-16/h5-6,9,11-12H,4,7-8,10,13H2,1-3H3. The van der Waals surface area contributed by atoms with Gasteiger partial charge in [0.15, 0.2) is 27.8 Å². The van der Waals surface area contributed by atoms with Crippen LogP contribution in [0.3, 0.4) is 0 Å². The van der Waals surface area contributed by atoms with E-state index in [-0.39, 0.29) is 19.1 Å². The van der Waals surface area contributed by atoms with Crippen molar-refractivity contribution in [3.05, 3.63) is 40.7 Å².